The summed E-state index contributed by atoms with van der Waals surface area (Å²) in [6, 6.07) is 14.3. The summed E-state index contributed by atoms with van der Waals surface area (Å²) in [4.78, 5) is 34.1. The van der Waals surface area contributed by atoms with Crippen molar-refractivity contribution in [3.63, 3.8) is 0 Å². The minimum Gasteiger partial charge on any atom is -0.325 e. The Morgan fingerprint density at radius 2 is 1.79 bits per heavy atom. The summed E-state index contributed by atoms with van der Waals surface area (Å²) in [5.41, 5.74) is 0.146. The number of fused-ring (bicyclic) bond motifs is 1. The maximum absolute atomic E-state index is 13.2. The van der Waals surface area contributed by atoms with Crippen LogP contribution in [0, 0.1) is 6.92 Å². The van der Waals surface area contributed by atoms with Crippen molar-refractivity contribution < 1.29 is 18.0 Å². The van der Waals surface area contributed by atoms with E-state index >= 15 is 0 Å². The number of anilines is 1. The number of rotatable bonds is 5. The number of hydrogen-bond acceptors (Lipinski definition) is 5. The number of hydrogen-bond donors (Lipinski definition) is 2. The molecule has 0 spiro atoms. The van der Waals surface area contributed by atoms with E-state index in [0.717, 1.165) is 33.8 Å². The van der Waals surface area contributed by atoms with Gasteiger partial charge in [-0.2, -0.15) is 13.2 Å². The van der Waals surface area contributed by atoms with Gasteiger partial charge in [-0.05, 0) is 31.5 Å². The SMILES string of the molecule is Cc1sc2nc(SC(C)C(=O)Nc3ccccc3C(F)(F)F)[nH]c(=O)c2c1-c1ccccc1. The molecule has 10 heteroatoms. The first-order valence-corrected chi connectivity index (χ1v) is 11.6. The number of amides is 1. The third-order valence-corrected chi connectivity index (χ3v) is 6.91. The van der Waals surface area contributed by atoms with Crippen molar-refractivity contribution in [2.75, 3.05) is 5.32 Å². The van der Waals surface area contributed by atoms with Crippen LogP contribution in [0.4, 0.5) is 18.9 Å². The fraction of sp³-hybridized carbons (Fsp3) is 0.174. The molecule has 0 aliphatic heterocycles. The highest BCUT2D eigenvalue weighted by Gasteiger charge is 2.34. The van der Waals surface area contributed by atoms with Crippen LogP contribution in [-0.4, -0.2) is 21.1 Å². The number of carbonyl (C=O) groups excluding carboxylic acids is 1. The molecular weight excluding hydrogens is 471 g/mol. The Labute approximate surface area is 195 Å². The number of thiophene rings is 1. The monoisotopic (exact) mass is 489 g/mol. The molecule has 0 saturated heterocycles. The normalized spacial score (nSPS) is 12.6. The Morgan fingerprint density at radius 3 is 2.48 bits per heavy atom. The molecule has 5 nitrogen and oxygen atoms in total. The number of nitrogens with one attached hydrogen (secondary N) is 2. The molecule has 4 aromatic rings. The van der Waals surface area contributed by atoms with Gasteiger partial charge in [-0.15, -0.1) is 11.3 Å². The van der Waals surface area contributed by atoms with E-state index in [1.807, 2.05) is 37.3 Å². The Balaban J connectivity index is 1.59. The average molecular weight is 490 g/mol. The summed E-state index contributed by atoms with van der Waals surface area (Å²) in [5.74, 6) is -0.633. The zero-order valence-electron chi connectivity index (χ0n) is 17.5. The van der Waals surface area contributed by atoms with Gasteiger partial charge in [0.05, 0.1) is 21.9 Å². The summed E-state index contributed by atoms with van der Waals surface area (Å²) in [6.45, 7) is 3.45. The van der Waals surface area contributed by atoms with Crippen molar-refractivity contribution in [2.45, 2.75) is 30.4 Å². The lowest BCUT2D eigenvalue weighted by molar-refractivity contribution is -0.137. The molecule has 2 heterocycles. The van der Waals surface area contributed by atoms with Crippen molar-refractivity contribution in [3.8, 4) is 11.1 Å². The molecule has 1 amide bonds. The predicted octanol–water partition coefficient (Wildman–Crippen LogP) is 6.10. The first-order valence-electron chi connectivity index (χ1n) is 9.87. The van der Waals surface area contributed by atoms with Gasteiger partial charge in [0.2, 0.25) is 5.91 Å². The average Bonchev–Trinajstić information content (AvgIpc) is 3.10. The Morgan fingerprint density at radius 1 is 1.12 bits per heavy atom. The van der Waals surface area contributed by atoms with E-state index in [1.165, 1.54) is 36.5 Å². The molecule has 170 valence electrons. The number of H-pyrrole nitrogens is 1. The molecule has 0 saturated carbocycles. The molecule has 2 aromatic carbocycles. The third-order valence-electron chi connectivity index (χ3n) is 4.93. The smallest absolute Gasteiger partial charge is 0.325 e. The molecule has 1 unspecified atom stereocenters. The van der Waals surface area contributed by atoms with Gasteiger partial charge in [0.25, 0.3) is 5.56 Å². The zero-order valence-corrected chi connectivity index (χ0v) is 19.1. The number of aromatic nitrogens is 2. The van der Waals surface area contributed by atoms with Crippen LogP contribution in [0.2, 0.25) is 0 Å². The molecule has 0 aliphatic carbocycles. The van der Waals surface area contributed by atoms with E-state index in [2.05, 4.69) is 15.3 Å². The number of benzene rings is 2. The van der Waals surface area contributed by atoms with Gasteiger partial charge < -0.3 is 10.3 Å². The standard InChI is InChI=1S/C23H18F3N3O2S2/c1-12-17(14-8-4-3-5-9-14)18-20(31)28-22(29-21(18)32-12)33-13(2)19(30)27-16-11-7-6-10-15(16)23(24,25)26/h3-11,13H,1-2H3,(H,27,30)(H,28,29,31). The molecule has 33 heavy (non-hydrogen) atoms. The van der Waals surface area contributed by atoms with Crippen molar-refractivity contribution in [3.05, 3.63) is 75.4 Å². The van der Waals surface area contributed by atoms with Crippen molar-refractivity contribution in [1.82, 2.24) is 9.97 Å². The second kappa shape index (κ2) is 9.03. The van der Waals surface area contributed by atoms with Crippen LogP contribution in [-0.2, 0) is 11.0 Å². The van der Waals surface area contributed by atoms with E-state index in [0.29, 0.717) is 10.2 Å². The summed E-state index contributed by atoms with van der Waals surface area (Å²) >= 11 is 2.35. The summed E-state index contributed by atoms with van der Waals surface area (Å²) < 4.78 is 39.6. The van der Waals surface area contributed by atoms with Gasteiger partial charge in [0, 0.05) is 10.4 Å². The van der Waals surface area contributed by atoms with Crippen LogP contribution in [0.15, 0.2) is 64.5 Å². The van der Waals surface area contributed by atoms with Gasteiger partial charge in [-0.25, -0.2) is 4.98 Å². The molecule has 2 aromatic heterocycles. The largest absolute Gasteiger partial charge is 0.418 e. The second-order valence-corrected chi connectivity index (χ2v) is 9.78. The van der Waals surface area contributed by atoms with Crippen LogP contribution in [0.25, 0.3) is 21.3 Å². The Kier molecular flexibility index (Phi) is 6.31. The van der Waals surface area contributed by atoms with E-state index in [1.54, 1.807) is 0 Å². The fourth-order valence-electron chi connectivity index (χ4n) is 3.40. The highest BCUT2D eigenvalue weighted by Crippen LogP contribution is 2.37. The number of thioether (sulfide) groups is 1. The van der Waals surface area contributed by atoms with Crippen LogP contribution < -0.4 is 10.9 Å². The molecule has 0 bridgehead atoms. The number of para-hydroxylation sites is 1. The lowest BCUT2D eigenvalue weighted by atomic mass is 10.0. The van der Waals surface area contributed by atoms with Crippen LogP contribution in [0.1, 0.15) is 17.4 Å². The van der Waals surface area contributed by atoms with Crippen LogP contribution >= 0.6 is 23.1 Å². The van der Waals surface area contributed by atoms with Crippen molar-refractivity contribution >= 4 is 44.9 Å². The Hall–Kier alpha value is -3.11. The minimum absolute atomic E-state index is 0.222. The first kappa shape index (κ1) is 23.1. The molecule has 0 fully saturated rings. The van der Waals surface area contributed by atoms with Crippen LogP contribution in [0.3, 0.4) is 0 Å². The topological polar surface area (TPSA) is 74.8 Å². The maximum Gasteiger partial charge on any atom is 0.418 e. The van der Waals surface area contributed by atoms with E-state index < -0.39 is 22.9 Å². The van der Waals surface area contributed by atoms with Gasteiger partial charge in [0.15, 0.2) is 5.16 Å². The van der Waals surface area contributed by atoms with Crippen LogP contribution in [0.5, 0.6) is 0 Å². The lowest BCUT2D eigenvalue weighted by Gasteiger charge is -2.16. The van der Waals surface area contributed by atoms with Crippen molar-refractivity contribution in [2.24, 2.45) is 0 Å². The third kappa shape index (κ3) is 4.81. The summed E-state index contributed by atoms with van der Waals surface area (Å²) in [6.07, 6.45) is -4.59. The van der Waals surface area contributed by atoms with E-state index in [9.17, 15) is 22.8 Å². The number of aryl methyl sites for hydroxylation is 1. The van der Waals surface area contributed by atoms with E-state index in [-0.39, 0.29) is 16.4 Å². The fourth-order valence-corrected chi connectivity index (χ4v) is 5.30. The number of aromatic amines is 1. The molecule has 1 atom stereocenters. The van der Waals surface area contributed by atoms with Gasteiger partial charge >= 0.3 is 6.18 Å². The highest BCUT2D eigenvalue weighted by molar-refractivity contribution is 8.00. The molecular formula is C23H18F3N3O2S2. The first-order chi connectivity index (χ1) is 15.6. The molecule has 0 aliphatic rings. The Bertz CT molecular complexity index is 1380. The number of carbonyl (C=O) groups is 1. The minimum atomic E-state index is -4.59. The van der Waals surface area contributed by atoms with E-state index in [4.69, 9.17) is 0 Å². The lowest BCUT2D eigenvalue weighted by Crippen LogP contribution is -2.24. The summed E-state index contributed by atoms with van der Waals surface area (Å²) in [5, 5.41) is 2.22. The van der Waals surface area contributed by atoms with Gasteiger partial charge in [-0.3, -0.25) is 9.59 Å². The quantitative estimate of drug-likeness (QED) is 0.262. The zero-order chi connectivity index (χ0) is 23.8. The van der Waals surface area contributed by atoms with Gasteiger partial charge in [0.1, 0.15) is 4.83 Å². The van der Waals surface area contributed by atoms with Crippen molar-refractivity contribution in [1.29, 1.82) is 0 Å². The molecule has 2 N–H and O–H groups in total. The predicted molar refractivity (Wildman–Crippen MR) is 126 cm³/mol. The number of alkyl halides is 3. The number of nitrogens with zero attached hydrogens (tertiary/aromatic N) is 1. The summed E-state index contributed by atoms with van der Waals surface area (Å²) in [7, 11) is 0. The highest BCUT2D eigenvalue weighted by atomic mass is 32.2. The number of halogens is 3. The maximum atomic E-state index is 13.2. The molecule has 4 rings (SSSR count). The second-order valence-electron chi connectivity index (χ2n) is 7.24. The molecule has 0 radical (unpaired) electrons. The van der Waals surface area contributed by atoms with Gasteiger partial charge in [-0.1, -0.05) is 54.2 Å².